The summed E-state index contributed by atoms with van der Waals surface area (Å²) in [4.78, 5) is 22.4. The van der Waals surface area contributed by atoms with Crippen molar-refractivity contribution in [2.75, 3.05) is 14.2 Å². The Morgan fingerprint density at radius 2 is 1.96 bits per heavy atom. The molecule has 1 aromatic carbocycles. The van der Waals surface area contributed by atoms with Gasteiger partial charge in [-0.2, -0.15) is 5.10 Å². The molecule has 0 amide bonds. The number of rotatable bonds is 6. The summed E-state index contributed by atoms with van der Waals surface area (Å²) in [5, 5.41) is 22.1. The molecule has 8 nitrogen and oxygen atoms in total. The number of aromatic hydroxyl groups is 1. The number of hydrogen-bond acceptors (Lipinski definition) is 6. The molecule has 122 valence electrons. The van der Waals surface area contributed by atoms with Gasteiger partial charge in [0.05, 0.1) is 20.4 Å². The molecule has 0 spiro atoms. The zero-order chi connectivity index (χ0) is 17.0. The molecule has 0 saturated heterocycles. The van der Waals surface area contributed by atoms with E-state index in [-0.39, 0.29) is 6.54 Å². The van der Waals surface area contributed by atoms with Crippen LogP contribution in [0.1, 0.15) is 16.1 Å². The standard InChI is InChI=1S/C15H16N2O6/c1-22-11-4-3-9(7-12(11)23-2)5-6-17-8-10(18)14(19)13(16-17)15(20)21/h3-4,7-8,18H,5-6H2,1-2H3,(H,20,21). The average molecular weight is 320 g/mol. The van der Waals surface area contributed by atoms with Gasteiger partial charge in [0.1, 0.15) is 0 Å². The zero-order valence-corrected chi connectivity index (χ0v) is 12.6. The van der Waals surface area contributed by atoms with E-state index in [0.29, 0.717) is 17.9 Å². The minimum absolute atomic E-state index is 0.281. The molecule has 2 N–H and O–H groups in total. The molecule has 2 rings (SSSR count). The van der Waals surface area contributed by atoms with Crippen molar-refractivity contribution < 1.29 is 24.5 Å². The molecule has 0 bridgehead atoms. The van der Waals surface area contributed by atoms with Crippen LogP contribution in [-0.4, -0.2) is 40.2 Å². The van der Waals surface area contributed by atoms with Crippen molar-refractivity contribution in [1.82, 2.24) is 9.78 Å². The molecule has 23 heavy (non-hydrogen) atoms. The number of ether oxygens (including phenoxy) is 2. The van der Waals surface area contributed by atoms with Gasteiger partial charge in [-0.1, -0.05) is 6.07 Å². The van der Waals surface area contributed by atoms with Gasteiger partial charge >= 0.3 is 5.97 Å². The number of methoxy groups -OCH3 is 2. The van der Waals surface area contributed by atoms with Crippen molar-refractivity contribution in [2.45, 2.75) is 13.0 Å². The number of hydrogen-bond donors (Lipinski definition) is 2. The highest BCUT2D eigenvalue weighted by atomic mass is 16.5. The largest absolute Gasteiger partial charge is 0.503 e. The first-order valence-corrected chi connectivity index (χ1v) is 6.71. The van der Waals surface area contributed by atoms with Crippen LogP contribution in [0, 0.1) is 0 Å². The van der Waals surface area contributed by atoms with Crippen LogP contribution in [0.5, 0.6) is 17.2 Å². The minimum Gasteiger partial charge on any atom is -0.503 e. The number of benzene rings is 1. The first kappa shape index (κ1) is 16.3. The van der Waals surface area contributed by atoms with Crippen LogP contribution in [0.2, 0.25) is 0 Å². The Morgan fingerprint density at radius 1 is 1.26 bits per heavy atom. The van der Waals surface area contributed by atoms with Crippen LogP contribution >= 0.6 is 0 Å². The van der Waals surface area contributed by atoms with Gasteiger partial charge in [0.2, 0.25) is 5.69 Å². The molecule has 0 aliphatic carbocycles. The smallest absolute Gasteiger partial charge is 0.360 e. The lowest BCUT2D eigenvalue weighted by Crippen LogP contribution is -2.22. The number of aromatic nitrogens is 2. The summed E-state index contributed by atoms with van der Waals surface area (Å²) in [5.41, 5.74) is -0.809. The van der Waals surface area contributed by atoms with E-state index in [1.807, 2.05) is 6.07 Å². The molecule has 8 heteroatoms. The number of carbonyl (C=O) groups is 1. The van der Waals surface area contributed by atoms with Crippen LogP contribution in [0.25, 0.3) is 0 Å². The van der Waals surface area contributed by atoms with Crippen molar-refractivity contribution >= 4 is 5.97 Å². The second kappa shape index (κ2) is 6.82. The highest BCUT2D eigenvalue weighted by molar-refractivity contribution is 5.85. The van der Waals surface area contributed by atoms with Crippen molar-refractivity contribution in [3.63, 3.8) is 0 Å². The molecular formula is C15H16N2O6. The van der Waals surface area contributed by atoms with Crippen LogP contribution in [0.4, 0.5) is 0 Å². The van der Waals surface area contributed by atoms with Crippen LogP contribution < -0.4 is 14.9 Å². The fourth-order valence-electron chi connectivity index (χ4n) is 2.06. The molecule has 0 unspecified atom stereocenters. The first-order valence-electron chi connectivity index (χ1n) is 6.71. The highest BCUT2D eigenvalue weighted by Gasteiger charge is 2.15. The van der Waals surface area contributed by atoms with Gasteiger partial charge < -0.3 is 19.7 Å². The van der Waals surface area contributed by atoms with Crippen molar-refractivity contribution in [3.05, 3.63) is 45.9 Å². The topological polar surface area (TPSA) is 111 Å². The maximum absolute atomic E-state index is 11.5. The number of carboxylic acids is 1. The Hall–Kier alpha value is -3.03. The third-order valence-corrected chi connectivity index (χ3v) is 3.23. The van der Waals surface area contributed by atoms with E-state index >= 15 is 0 Å². The normalized spacial score (nSPS) is 10.3. The second-order valence-corrected chi connectivity index (χ2v) is 4.70. The number of aryl methyl sites for hydroxylation is 2. The molecule has 0 saturated carbocycles. The summed E-state index contributed by atoms with van der Waals surface area (Å²) in [6.07, 6.45) is 1.60. The van der Waals surface area contributed by atoms with Crippen LogP contribution in [0.15, 0.2) is 29.2 Å². The van der Waals surface area contributed by atoms with Gasteiger partial charge in [-0.15, -0.1) is 0 Å². The van der Waals surface area contributed by atoms with E-state index in [9.17, 15) is 14.7 Å². The third kappa shape index (κ3) is 3.60. The first-order chi connectivity index (χ1) is 11.0. The average Bonchev–Trinajstić information content (AvgIpc) is 2.55. The summed E-state index contributed by atoms with van der Waals surface area (Å²) >= 11 is 0. The van der Waals surface area contributed by atoms with Crippen molar-refractivity contribution in [3.8, 4) is 17.2 Å². The SMILES string of the molecule is COc1ccc(CCn2cc(O)c(=O)c(C(=O)O)n2)cc1OC. The predicted molar refractivity (Wildman–Crippen MR) is 80.4 cm³/mol. The molecule has 0 fully saturated rings. The number of aromatic carboxylic acids is 1. The summed E-state index contributed by atoms with van der Waals surface area (Å²) in [6, 6.07) is 5.38. The fourth-order valence-corrected chi connectivity index (χ4v) is 2.06. The van der Waals surface area contributed by atoms with Gasteiger partial charge in [-0.25, -0.2) is 4.79 Å². The van der Waals surface area contributed by atoms with Crippen LogP contribution in [-0.2, 0) is 13.0 Å². The lowest BCUT2D eigenvalue weighted by molar-refractivity contribution is 0.0685. The minimum atomic E-state index is -1.48. The Bertz CT molecular complexity index is 784. The van der Waals surface area contributed by atoms with Gasteiger partial charge in [0.25, 0.3) is 5.43 Å². The van der Waals surface area contributed by atoms with Crippen LogP contribution in [0.3, 0.4) is 0 Å². The number of nitrogens with zero attached hydrogens (tertiary/aromatic N) is 2. The van der Waals surface area contributed by atoms with Crippen molar-refractivity contribution in [1.29, 1.82) is 0 Å². The maximum atomic E-state index is 11.5. The third-order valence-electron chi connectivity index (χ3n) is 3.23. The Balaban J connectivity index is 2.21. The Morgan fingerprint density at radius 3 is 2.57 bits per heavy atom. The summed E-state index contributed by atoms with van der Waals surface area (Å²) in [6.45, 7) is 0.281. The van der Waals surface area contributed by atoms with E-state index in [1.54, 1.807) is 12.1 Å². The van der Waals surface area contributed by atoms with E-state index < -0.39 is 22.8 Å². The van der Waals surface area contributed by atoms with E-state index in [2.05, 4.69) is 5.10 Å². The van der Waals surface area contributed by atoms with Crippen molar-refractivity contribution in [2.24, 2.45) is 0 Å². The van der Waals surface area contributed by atoms with Gasteiger partial charge in [0, 0.05) is 6.54 Å². The zero-order valence-electron chi connectivity index (χ0n) is 12.6. The van der Waals surface area contributed by atoms with Gasteiger partial charge in [-0.3, -0.25) is 9.48 Å². The lowest BCUT2D eigenvalue weighted by Gasteiger charge is -2.10. The second-order valence-electron chi connectivity index (χ2n) is 4.70. The molecule has 0 atom stereocenters. The maximum Gasteiger partial charge on any atom is 0.360 e. The van der Waals surface area contributed by atoms with Gasteiger partial charge in [-0.05, 0) is 24.1 Å². The fraction of sp³-hybridized carbons (Fsp3) is 0.267. The molecule has 2 aromatic rings. The molecule has 1 aromatic heterocycles. The molecule has 0 radical (unpaired) electrons. The quantitative estimate of drug-likeness (QED) is 0.813. The number of carboxylic acid groups (broad SMARTS) is 1. The molecule has 0 aliphatic rings. The summed E-state index contributed by atoms with van der Waals surface area (Å²) in [5.74, 6) is -0.953. The Kier molecular flexibility index (Phi) is 4.85. The van der Waals surface area contributed by atoms with E-state index in [0.717, 1.165) is 11.8 Å². The molecular weight excluding hydrogens is 304 g/mol. The lowest BCUT2D eigenvalue weighted by atomic mass is 10.1. The monoisotopic (exact) mass is 320 g/mol. The highest BCUT2D eigenvalue weighted by Crippen LogP contribution is 2.27. The van der Waals surface area contributed by atoms with E-state index in [4.69, 9.17) is 14.6 Å². The summed E-state index contributed by atoms with van der Waals surface area (Å²) < 4.78 is 11.6. The van der Waals surface area contributed by atoms with Gasteiger partial charge in [0.15, 0.2) is 17.2 Å². The Labute approximate surface area is 131 Å². The summed E-state index contributed by atoms with van der Waals surface area (Å²) in [7, 11) is 3.07. The van der Waals surface area contributed by atoms with E-state index in [1.165, 1.54) is 18.9 Å². The molecule has 1 heterocycles. The molecule has 0 aliphatic heterocycles. The predicted octanol–water partition coefficient (Wildman–Crippen LogP) is 0.907.